The highest BCUT2D eigenvalue weighted by atomic mass is 19.1. The summed E-state index contributed by atoms with van der Waals surface area (Å²) < 4.78 is 20.8. The van der Waals surface area contributed by atoms with Gasteiger partial charge >= 0.3 is 0 Å². The van der Waals surface area contributed by atoms with Crippen LogP contribution in [0.1, 0.15) is 11.1 Å². The van der Waals surface area contributed by atoms with Gasteiger partial charge in [0.25, 0.3) is 0 Å². The van der Waals surface area contributed by atoms with Crippen molar-refractivity contribution in [2.24, 2.45) is 5.10 Å². The Morgan fingerprint density at radius 2 is 1.77 bits per heavy atom. The molecule has 0 bridgehead atoms. The number of hydrogen-bond acceptors (Lipinski definition) is 4. The highest BCUT2D eigenvalue weighted by Crippen LogP contribution is 2.18. The summed E-state index contributed by atoms with van der Waals surface area (Å²) in [5, 5.41) is 11.5. The largest absolute Gasteiger partial charge is 0.488 e. The molecule has 3 rings (SSSR count). The van der Waals surface area contributed by atoms with E-state index in [0.717, 1.165) is 5.56 Å². The minimum Gasteiger partial charge on any atom is -0.488 e. The molecule has 1 aromatic heterocycles. The predicted octanol–water partition coefficient (Wildman–Crippen LogP) is 2.88. The Bertz CT molecular complexity index is 771. The van der Waals surface area contributed by atoms with E-state index in [2.05, 4.69) is 15.3 Å². The second kappa shape index (κ2) is 6.62. The van der Waals surface area contributed by atoms with Gasteiger partial charge in [-0.1, -0.05) is 30.3 Å². The first kappa shape index (κ1) is 13.9. The molecule has 0 spiro atoms. The van der Waals surface area contributed by atoms with Crippen LogP contribution in [0, 0.1) is 5.82 Å². The highest BCUT2D eigenvalue weighted by molar-refractivity contribution is 5.83. The molecule has 0 aliphatic carbocycles. The standard InChI is InChI=1S/C16H13FN4O/c17-15-7-3-1-6-14(15)10-22-16-8-4-2-5-13(16)9-20-21-11-18-19-12-21/h1-9,11-12H,10H2. The SMILES string of the molecule is Fc1ccccc1COc1ccccc1C=Nn1cnnc1. The Kier molecular flexibility index (Phi) is 4.20. The van der Waals surface area contributed by atoms with Crippen LogP contribution < -0.4 is 4.74 Å². The van der Waals surface area contributed by atoms with E-state index in [4.69, 9.17) is 4.74 Å². The molecular formula is C16H13FN4O. The van der Waals surface area contributed by atoms with Crippen LogP contribution in [0.5, 0.6) is 5.75 Å². The van der Waals surface area contributed by atoms with E-state index < -0.39 is 0 Å². The van der Waals surface area contributed by atoms with Gasteiger partial charge in [-0.05, 0) is 18.2 Å². The van der Waals surface area contributed by atoms with Crippen LogP contribution in [0.3, 0.4) is 0 Å². The van der Waals surface area contributed by atoms with Crippen molar-refractivity contribution in [3.8, 4) is 5.75 Å². The van der Waals surface area contributed by atoms with Gasteiger partial charge in [0.2, 0.25) is 0 Å². The van der Waals surface area contributed by atoms with Crippen molar-refractivity contribution in [3.05, 3.63) is 78.1 Å². The normalized spacial score (nSPS) is 11.0. The molecule has 1 heterocycles. The van der Waals surface area contributed by atoms with Crippen molar-refractivity contribution in [1.82, 2.24) is 14.9 Å². The monoisotopic (exact) mass is 296 g/mol. The van der Waals surface area contributed by atoms with Crippen molar-refractivity contribution in [2.75, 3.05) is 0 Å². The van der Waals surface area contributed by atoms with Crippen molar-refractivity contribution in [1.29, 1.82) is 0 Å². The second-order valence-electron chi connectivity index (χ2n) is 4.50. The van der Waals surface area contributed by atoms with Crippen LogP contribution in [0.15, 0.2) is 66.3 Å². The Morgan fingerprint density at radius 1 is 1.05 bits per heavy atom. The molecule has 0 N–H and O–H groups in total. The fraction of sp³-hybridized carbons (Fsp3) is 0.0625. The molecule has 6 heteroatoms. The fourth-order valence-electron chi connectivity index (χ4n) is 1.87. The van der Waals surface area contributed by atoms with E-state index in [1.165, 1.54) is 23.4 Å². The van der Waals surface area contributed by atoms with E-state index >= 15 is 0 Å². The van der Waals surface area contributed by atoms with Crippen LogP contribution in [0.4, 0.5) is 4.39 Å². The van der Waals surface area contributed by atoms with E-state index in [1.807, 2.05) is 24.3 Å². The summed E-state index contributed by atoms with van der Waals surface area (Å²) in [6.07, 6.45) is 4.61. The third-order valence-corrected chi connectivity index (χ3v) is 3.00. The maximum absolute atomic E-state index is 13.6. The van der Waals surface area contributed by atoms with E-state index in [1.54, 1.807) is 24.4 Å². The van der Waals surface area contributed by atoms with Crippen LogP contribution >= 0.6 is 0 Å². The van der Waals surface area contributed by atoms with Crippen LogP contribution in [0.2, 0.25) is 0 Å². The summed E-state index contributed by atoms with van der Waals surface area (Å²) in [5.41, 5.74) is 1.29. The maximum atomic E-state index is 13.6. The second-order valence-corrected chi connectivity index (χ2v) is 4.50. The van der Waals surface area contributed by atoms with Gasteiger partial charge in [0, 0.05) is 11.1 Å². The predicted molar refractivity (Wildman–Crippen MR) is 80.2 cm³/mol. The molecule has 0 unspecified atom stereocenters. The summed E-state index contributed by atoms with van der Waals surface area (Å²) >= 11 is 0. The van der Waals surface area contributed by atoms with Crippen LogP contribution in [-0.4, -0.2) is 21.1 Å². The van der Waals surface area contributed by atoms with E-state index in [9.17, 15) is 4.39 Å². The molecule has 22 heavy (non-hydrogen) atoms. The molecule has 0 aliphatic rings. The minimum absolute atomic E-state index is 0.157. The molecule has 5 nitrogen and oxygen atoms in total. The lowest BCUT2D eigenvalue weighted by atomic mass is 10.2. The summed E-state index contributed by atoms with van der Waals surface area (Å²) in [6, 6.07) is 14.0. The average molecular weight is 296 g/mol. The summed E-state index contributed by atoms with van der Waals surface area (Å²) in [6.45, 7) is 0.157. The van der Waals surface area contributed by atoms with E-state index in [0.29, 0.717) is 11.3 Å². The van der Waals surface area contributed by atoms with Gasteiger partial charge in [-0.25, -0.2) is 9.07 Å². The number of ether oxygens (including phenoxy) is 1. The first-order valence-corrected chi connectivity index (χ1v) is 6.67. The third-order valence-electron chi connectivity index (χ3n) is 3.00. The molecule has 0 radical (unpaired) electrons. The first-order chi connectivity index (χ1) is 10.8. The average Bonchev–Trinajstić information content (AvgIpc) is 3.06. The maximum Gasteiger partial charge on any atom is 0.141 e. The number of halogens is 1. The Morgan fingerprint density at radius 3 is 2.59 bits per heavy atom. The quantitative estimate of drug-likeness (QED) is 0.680. The number of hydrogen-bond donors (Lipinski definition) is 0. The molecule has 110 valence electrons. The Balaban J connectivity index is 1.75. The molecule has 3 aromatic rings. The summed E-state index contributed by atoms with van der Waals surface area (Å²) in [7, 11) is 0. The van der Waals surface area contributed by atoms with Gasteiger partial charge < -0.3 is 4.74 Å². The van der Waals surface area contributed by atoms with Gasteiger partial charge in [-0.15, -0.1) is 10.2 Å². The topological polar surface area (TPSA) is 52.3 Å². The smallest absolute Gasteiger partial charge is 0.141 e. The zero-order chi connectivity index (χ0) is 15.2. The van der Waals surface area contributed by atoms with Crippen LogP contribution in [-0.2, 0) is 6.61 Å². The van der Waals surface area contributed by atoms with Gasteiger partial charge in [-0.3, -0.25) is 0 Å². The lowest BCUT2D eigenvalue weighted by molar-refractivity contribution is 0.299. The number of para-hydroxylation sites is 1. The first-order valence-electron chi connectivity index (χ1n) is 6.67. The number of benzene rings is 2. The Hall–Kier alpha value is -3.02. The van der Waals surface area contributed by atoms with Gasteiger partial charge in [0.15, 0.2) is 0 Å². The van der Waals surface area contributed by atoms with Crippen molar-refractivity contribution >= 4 is 6.21 Å². The minimum atomic E-state index is -0.280. The summed E-state index contributed by atoms with van der Waals surface area (Å²) in [4.78, 5) is 0. The fourth-order valence-corrected chi connectivity index (χ4v) is 1.87. The number of aromatic nitrogens is 3. The molecule has 0 fully saturated rings. The number of rotatable bonds is 5. The zero-order valence-corrected chi connectivity index (χ0v) is 11.6. The lowest BCUT2D eigenvalue weighted by Gasteiger charge is -2.09. The third kappa shape index (κ3) is 3.35. The van der Waals surface area contributed by atoms with Crippen molar-refractivity contribution in [3.63, 3.8) is 0 Å². The molecule has 2 aromatic carbocycles. The number of nitrogens with zero attached hydrogens (tertiary/aromatic N) is 4. The molecule has 0 amide bonds. The Labute approximate surface area is 126 Å². The molecule has 0 saturated heterocycles. The molecular weight excluding hydrogens is 283 g/mol. The van der Waals surface area contributed by atoms with Gasteiger partial charge in [0.05, 0.1) is 6.21 Å². The lowest BCUT2D eigenvalue weighted by Crippen LogP contribution is -2.00. The summed E-state index contributed by atoms with van der Waals surface area (Å²) in [5.74, 6) is 0.348. The van der Waals surface area contributed by atoms with Gasteiger partial charge in [-0.2, -0.15) is 5.10 Å². The molecule has 0 aliphatic heterocycles. The van der Waals surface area contributed by atoms with Gasteiger partial charge in [0.1, 0.15) is 30.8 Å². The van der Waals surface area contributed by atoms with E-state index in [-0.39, 0.29) is 12.4 Å². The van der Waals surface area contributed by atoms with Crippen molar-refractivity contribution < 1.29 is 9.13 Å². The molecule has 0 saturated carbocycles. The highest BCUT2D eigenvalue weighted by Gasteiger charge is 2.04. The molecule has 0 atom stereocenters. The zero-order valence-electron chi connectivity index (χ0n) is 11.6. The van der Waals surface area contributed by atoms with Crippen molar-refractivity contribution in [2.45, 2.75) is 6.61 Å². The van der Waals surface area contributed by atoms with Crippen LogP contribution in [0.25, 0.3) is 0 Å².